The molecule has 2 heterocycles. The van der Waals surface area contributed by atoms with Crippen molar-refractivity contribution in [3.8, 4) is 0 Å². The van der Waals surface area contributed by atoms with E-state index in [-0.39, 0.29) is 22.3 Å². The number of carbonyl (C=O) groups is 2. The Labute approximate surface area is 215 Å². The molecule has 0 unspecified atom stereocenters. The third-order valence-electron chi connectivity index (χ3n) is 5.94. The predicted molar refractivity (Wildman–Crippen MR) is 143 cm³/mol. The molecular formula is C27H19F2N3O2S2. The van der Waals surface area contributed by atoms with E-state index in [9.17, 15) is 18.4 Å². The summed E-state index contributed by atoms with van der Waals surface area (Å²) in [5, 5.41) is 2.02. The van der Waals surface area contributed by atoms with E-state index in [0.29, 0.717) is 27.0 Å². The minimum absolute atomic E-state index is 0.00237. The molecule has 0 aliphatic carbocycles. The molecule has 1 saturated heterocycles. The number of fused-ring (bicyclic) bond motifs is 1. The lowest BCUT2D eigenvalue weighted by Gasteiger charge is -2.31. The van der Waals surface area contributed by atoms with Crippen LogP contribution in [0.2, 0.25) is 0 Å². The van der Waals surface area contributed by atoms with E-state index in [1.165, 1.54) is 53.4 Å². The summed E-state index contributed by atoms with van der Waals surface area (Å²) in [6.45, 7) is 0. The number of thiophene rings is 1. The van der Waals surface area contributed by atoms with Gasteiger partial charge >= 0.3 is 0 Å². The Balaban J connectivity index is 1.63. The fourth-order valence-electron chi connectivity index (χ4n) is 4.07. The smallest absolute Gasteiger partial charge is 0.265 e. The maximum Gasteiger partial charge on any atom is 0.265 e. The zero-order valence-electron chi connectivity index (χ0n) is 19.2. The first-order valence-electron chi connectivity index (χ1n) is 10.9. The summed E-state index contributed by atoms with van der Waals surface area (Å²) >= 11 is 6.49. The molecule has 1 aliphatic heterocycles. The van der Waals surface area contributed by atoms with Crippen molar-refractivity contribution in [2.24, 2.45) is 0 Å². The number of likely N-dealkylation sites (N-methyl/N-ethyl adjacent to an activating group) is 2. The second-order valence-electron chi connectivity index (χ2n) is 8.17. The average Bonchev–Trinajstić information content (AvgIpc) is 3.35. The Morgan fingerprint density at radius 3 is 2.14 bits per heavy atom. The van der Waals surface area contributed by atoms with E-state index in [2.05, 4.69) is 0 Å². The summed E-state index contributed by atoms with van der Waals surface area (Å²) in [5.41, 5.74) is 1.38. The van der Waals surface area contributed by atoms with E-state index < -0.39 is 11.8 Å². The molecule has 9 heteroatoms. The fraction of sp³-hybridized carbons (Fsp3) is 0.0741. The Hall–Kier alpha value is -3.95. The van der Waals surface area contributed by atoms with E-state index in [1.54, 1.807) is 42.5 Å². The highest BCUT2D eigenvalue weighted by atomic mass is 32.1. The van der Waals surface area contributed by atoms with Gasteiger partial charge in [-0.15, -0.1) is 11.3 Å². The molecule has 2 amide bonds. The van der Waals surface area contributed by atoms with Crippen LogP contribution in [0.4, 0.5) is 25.2 Å². The largest absolute Gasteiger partial charge is 0.301 e. The molecule has 0 radical (unpaired) electrons. The van der Waals surface area contributed by atoms with Crippen molar-refractivity contribution in [1.82, 2.24) is 9.80 Å². The van der Waals surface area contributed by atoms with Crippen LogP contribution >= 0.6 is 23.6 Å². The topological polar surface area (TPSA) is 43.9 Å². The van der Waals surface area contributed by atoms with Crippen LogP contribution in [0.5, 0.6) is 0 Å². The second kappa shape index (κ2) is 9.25. The number of hydrogen-bond donors (Lipinski definition) is 0. The van der Waals surface area contributed by atoms with Crippen LogP contribution in [-0.4, -0.2) is 40.8 Å². The Kier molecular flexibility index (Phi) is 6.11. The van der Waals surface area contributed by atoms with E-state index in [4.69, 9.17) is 12.2 Å². The SMILES string of the molecule is CN1C(=O)C(=Cc2ccc(N(c3ccc(F)cc3)c3ccc(F)c4ccccc34)s2)C(=O)N(C)C1=S. The molecular weight excluding hydrogens is 500 g/mol. The molecule has 1 fully saturated rings. The van der Waals surface area contributed by atoms with Crippen LogP contribution in [0.1, 0.15) is 4.88 Å². The number of rotatable bonds is 4. The van der Waals surface area contributed by atoms with Gasteiger partial charge in [-0.1, -0.05) is 24.3 Å². The second-order valence-corrected chi connectivity index (χ2v) is 9.63. The third-order valence-corrected chi connectivity index (χ3v) is 7.50. The summed E-state index contributed by atoms with van der Waals surface area (Å²) in [7, 11) is 3.05. The lowest BCUT2D eigenvalue weighted by Crippen LogP contribution is -2.52. The Bertz CT molecular complexity index is 1540. The van der Waals surface area contributed by atoms with Crippen molar-refractivity contribution in [1.29, 1.82) is 0 Å². The number of halogens is 2. The number of carbonyl (C=O) groups excluding carboxylic acids is 2. The van der Waals surface area contributed by atoms with Crippen LogP contribution < -0.4 is 4.90 Å². The predicted octanol–water partition coefficient (Wildman–Crippen LogP) is 6.25. The van der Waals surface area contributed by atoms with Crippen molar-refractivity contribution in [3.63, 3.8) is 0 Å². The van der Waals surface area contributed by atoms with Crippen LogP contribution in [0, 0.1) is 11.6 Å². The zero-order valence-corrected chi connectivity index (χ0v) is 20.9. The number of hydrogen-bond acceptors (Lipinski definition) is 5. The Morgan fingerprint density at radius 1 is 0.833 bits per heavy atom. The third kappa shape index (κ3) is 4.06. The summed E-state index contributed by atoms with van der Waals surface area (Å²) in [6, 6.07) is 19.9. The van der Waals surface area contributed by atoms with Gasteiger partial charge in [0.05, 0.1) is 5.69 Å². The monoisotopic (exact) mass is 519 g/mol. The lowest BCUT2D eigenvalue weighted by atomic mass is 10.1. The zero-order chi connectivity index (χ0) is 25.6. The van der Waals surface area contributed by atoms with Crippen molar-refractivity contribution in [2.75, 3.05) is 19.0 Å². The van der Waals surface area contributed by atoms with Crippen LogP contribution in [0.25, 0.3) is 16.8 Å². The highest BCUT2D eigenvalue weighted by molar-refractivity contribution is 7.80. The molecule has 5 rings (SSSR count). The maximum atomic E-state index is 14.6. The molecule has 180 valence electrons. The highest BCUT2D eigenvalue weighted by Crippen LogP contribution is 2.42. The van der Waals surface area contributed by atoms with Gasteiger partial charge in [0.2, 0.25) is 0 Å². The van der Waals surface area contributed by atoms with Gasteiger partial charge < -0.3 is 4.90 Å². The molecule has 0 N–H and O–H groups in total. The first kappa shape index (κ1) is 23.8. The van der Waals surface area contributed by atoms with Crippen LogP contribution in [0.15, 0.2) is 78.4 Å². The van der Waals surface area contributed by atoms with Gasteiger partial charge in [-0.2, -0.15) is 0 Å². The molecule has 3 aromatic carbocycles. The molecule has 0 atom stereocenters. The summed E-state index contributed by atoms with van der Waals surface area (Å²) < 4.78 is 28.3. The van der Waals surface area contributed by atoms with Gasteiger partial charge in [0.15, 0.2) is 5.11 Å². The van der Waals surface area contributed by atoms with Crippen LogP contribution in [0.3, 0.4) is 0 Å². The molecule has 0 spiro atoms. The average molecular weight is 520 g/mol. The van der Waals surface area contributed by atoms with Crippen molar-refractivity contribution >= 4 is 73.7 Å². The van der Waals surface area contributed by atoms with Gasteiger partial charge in [0.25, 0.3) is 11.8 Å². The van der Waals surface area contributed by atoms with Crippen molar-refractivity contribution < 1.29 is 18.4 Å². The maximum absolute atomic E-state index is 14.6. The minimum atomic E-state index is -0.474. The molecule has 0 bridgehead atoms. The number of thiocarbonyl (C=S) groups is 1. The van der Waals surface area contributed by atoms with E-state index in [1.807, 2.05) is 23.1 Å². The molecule has 4 aromatic rings. The first-order valence-corrected chi connectivity index (χ1v) is 12.1. The summed E-state index contributed by atoms with van der Waals surface area (Å²) in [6.07, 6.45) is 1.54. The van der Waals surface area contributed by atoms with Gasteiger partial charge in [-0.05, 0) is 66.8 Å². The summed E-state index contributed by atoms with van der Waals surface area (Å²) in [5.74, 6) is -1.67. The first-order chi connectivity index (χ1) is 17.3. The minimum Gasteiger partial charge on any atom is -0.301 e. The van der Waals surface area contributed by atoms with Gasteiger partial charge in [0, 0.05) is 35.4 Å². The molecule has 5 nitrogen and oxygen atoms in total. The van der Waals surface area contributed by atoms with Crippen molar-refractivity contribution in [2.45, 2.75) is 0 Å². The lowest BCUT2D eigenvalue weighted by molar-refractivity contribution is -0.132. The Morgan fingerprint density at radius 2 is 1.47 bits per heavy atom. The number of benzene rings is 3. The van der Waals surface area contributed by atoms with Gasteiger partial charge in [-0.25, -0.2) is 8.78 Å². The highest BCUT2D eigenvalue weighted by Gasteiger charge is 2.35. The van der Waals surface area contributed by atoms with E-state index >= 15 is 0 Å². The standard InChI is InChI=1S/C27H19F2N3O2S2/c1-30-25(33)21(26(34)31(2)27(30)35)15-18-11-14-24(36-18)32(17-9-7-16(28)8-10-17)23-13-12-22(29)19-5-3-4-6-20(19)23/h3-15H,1-2H3. The van der Waals surface area contributed by atoms with Gasteiger partial charge in [-0.3, -0.25) is 19.4 Å². The van der Waals surface area contributed by atoms with Crippen molar-refractivity contribution in [3.05, 3.63) is 94.9 Å². The summed E-state index contributed by atoms with van der Waals surface area (Å²) in [4.78, 5) is 30.5. The normalized spacial score (nSPS) is 14.1. The number of nitrogens with zero attached hydrogens (tertiary/aromatic N) is 3. The number of amides is 2. The fourth-order valence-corrected chi connectivity index (χ4v) is 5.23. The van der Waals surface area contributed by atoms with Crippen LogP contribution in [-0.2, 0) is 9.59 Å². The molecule has 1 aliphatic rings. The molecule has 1 aromatic heterocycles. The van der Waals surface area contributed by atoms with E-state index in [0.717, 1.165) is 5.00 Å². The molecule has 36 heavy (non-hydrogen) atoms. The number of anilines is 3. The quantitative estimate of drug-likeness (QED) is 0.182. The molecule has 0 saturated carbocycles. The van der Waals surface area contributed by atoms with Gasteiger partial charge in [0.1, 0.15) is 22.2 Å².